The SMILES string of the molecule is CC(NC1CCC1C(=O)O)c1nncn1C. The highest BCUT2D eigenvalue weighted by molar-refractivity contribution is 5.72. The van der Waals surface area contributed by atoms with Crippen molar-refractivity contribution in [3.63, 3.8) is 0 Å². The molecule has 16 heavy (non-hydrogen) atoms. The lowest BCUT2D eigenvalue weighted by Gasteiger charge is -2.35. The molecule has 1 aromatic rings. The first-order chi connectivity index (χ1) is 7.59. The molecule has 0 aromatic carbocycles. The van der Waals surface area contributed by atoms with Crippen molar-refractivity contribution in [1.82, 2.24) is 20.1 Å². The Morgan fingerprint density at radius 3 is 2.88 bits per heavy atom. The van der Waals surface area contributed by atoms with E-state index in [1.54, 1.807) is 6.33 Å². The molecule has 88 valence electrons. The van der Waals surface area contributed by atoms with Gasteiger partial charge in [-0.3, -0.25) is 4.79 Å². The van der Waals surface area contributed by atoms with Gasteiger partial charge in [-0.05, 0) is 19.8 Å². The molecule has 6 heteroatoms. The molecule has 1 heterocycles. The van der Waals surface area contributed by atoms with Crippen molar-refractivity contribution in [1.29, 1.82) is 0 Å². The van der Waals surface area contributed by atoms with Crippen LogP contribution in [0.25, 0.3) is 0 Å². The van der Waals surface area contributed by atoms with Crippen LogP contribution in [0.3, 0.4) is 0 Å². The van der Waals surface area contributed by atoms with E-state index in [4.69, 9.17) is 5.11 Å². The Morgan fingerprint density at radius 2 is 2.44 bits per heavy atom. The lowest BCUT2D eigenvalue weighted by Crippen LogP contribution is -2.48. The third-order valence-electron chi connectivity index (χ3n) is 3.19. The number of aliphatic carboxylic acids is 1. The summed E-state index contributed by atoms with van der Waals surface area (Å²) in [6, 6.07) is 0.0869. The van der Waals surface area contributed by atoms with Gasteiger partial charge in [-0.2, -0.15) is 0 Å². The minimum atomic E-state index is -0.714. The van der Waals surface area contributed by atoms with Crippen molar-refractivity contribution >= 4 is 5.97 Å². The zero-order valence-corrected chi connectivity index (χ0v) is 9.42. The average Bonchev–Trinajstić information content (AvgIpc) is 2.57. The second-order valence-electron chi connectivity index (χ2n) is 4.32. The highest BCUT2D eigenvalue weighted by atomic mass is 16.4. The minimum absolute atomic E-state index is 0.0275. The number of hydrogen-bond acceptors (Lipinski definition) is 4. The molecule has 6 nitrogen and oxygen atoms in total. The zero-order valence-electron chi connectivity index (χ0n) is 9.42. The van der Waals surface area contributed by atoms with E-state index in [9.17, 15) is 4.79 Å². The fourth-order valence-electron chi connectivity index (χ4n) is 2.07. The second kappa shape index (κ2) is 4.21. The normalized spacial score (nSPS) is 26.1. The monoisotopic (exact) mass is 224 g/mol. The number of nitrogens with one attached hydrogen (secondary N) is 1. The van der Waals surface area contributed by atoms with E-state index in [-0.39, 0.29) is 18.0 Å². The van der Waals surface area contributed by atoms with E-state index in [0.717, 1.165) is 18.7 Å². The van der Waals surface area contributed by atoms with Gasteiger partial charge < -0.3 is 15.0 Å². The molecule has 1 aliphatic carbocycles. The van der Waals surface area contributed by atoms with E-state index >= 15 is 0 Å². The highest BCUT2D eigenvalue weighted by Gasteiger charge is 2.37. The van der Waals surface area contributed by atoms with Crippen LogP contribution in [-0.4, -0.2) is 31.9 Å². The number of carboxylic acids is 1. The number of hydrogen-bond donors (Lipinski definition) is 2. The first kappa shape index (κ1) is 11.1. The standard InChI is InChI=1S/C10H16N4O2/c1-6(9-13-11-5-14(9)2)12-8-4-3-7(8)10(15)16/h5-8,12H,3-4H2,1-2H3,(H,15,16). The van der Waals surface area contributed by atoms with Gasteiger partial charge in [0.1, 0.15) is 12.2 Å². The van der Waals surface area contributed by atoms with Gasteiger partial charge in [0, 0.05) is 13.1 Å². The van der Waals surface area contributed by atoms with Gasteiger partial charge in [0.05, 0.1) is 12.0 Å². The van der Waals surface area contributed by atoms with Crippen LogP contribution in [0.2, 0.25) is 0 Å². The Hall–Kier alpha value is -1.43. The first-order valence-corrected chi connectivity index (χ1v) is 5.42. The summed E-state index contributed by atoms with van der Waals surface area (Å²) in [5, 5.41) is 20.0. The third kappa shape index (κ3) is 1.92. The number of carbonyl (C=O) groups is 1. The van der Waals surface area contributed by atoms with Gasteiger partial charge in [-0.25, -0.2) is 0 Å². The average molecular weight is 224 g/mol. The number of aryl methyl sites for hydroxylation is 1. The fourth-order valence-corrected chi connectivity index (χ4v) is 2.07. The molecule has 2 rings (SSSR count). The third-order valence-corrected chi connectivity index (χ3v) is 3.19. The molecule has 0 amide bonds. The number of nitrogens with zero attached hydrogens (tertiary/aromatic N) is 3. The van der Waals surface area contributed by atoms with Crippen molar-refractivity contribution in [3.8, 4) is 0 Å². The lowest BCUT2D eigenvalue weighted by molar-refractivity contribution is -0.146. The van der Waals surface area contributed by atoms with Crippen LogP contribution in [0.5, 0.6) is 0 Å². The van der Waals surface area contributed by atoms with Crippen LogP contribution < -0.4 is 5.32 Å². The number of rotatable bonds is 4. The minimum Gasteiger partial charge on any atom is -0.481 e. The van der Waals surface area contributed by atoms with Gasteiger partial charge in [0.15, 0.2) is 0 Å². The van der Waals surface area contributed by atoms with Gasteiger partial charge in [-0.1, -0.05) is 0 Å². The summed E-state index contributed by atoms with van der Waals surface area (Å²) in [7, 11) is 1.88. The Balaban J connectivity index is 1.96. The zero-order chi connectivity index (χ0) is 11.7. The quantitative estimate of drug-likeness (QED) is 0.770. The van der Waals surface area contributed by atoms with Gasteiger partial charge in [-0.15, -0.1) is 10.2 Å². The van der Waals surface area contributed by atoms with Crippen LogP contribution in [0, 0.1) is 5.92 Å². The molecule has 3 unspecified atom stereocenters. The van der Waals surface area contributed by atoms with E-state index < -0.39 is 5.97 Å². The molecule has 0 aliphatic heterocycles. The molecule has 1 aromatic heterocycles. The van der Waals surface area contributed by atoms with Crippen LogP contribution >= 0.6 is 0 Å². The van der Waals surface area contributed by atoms with Crippen molar-refractivity contribution in [2.45, 2.75) is 31.8 Å². The number of aromatic nitrogens is 3. The van der Waals surface area contributed by atoms with Crippen LogP contribution in [0.15, 0.2) is 6.33 Å². The predicted molar refractivity (Wildman–Crippen MR) is 56.7 cm³/mol. The molecule has 0 bridgehead atoms. The summed E-state index contributed by atoms with van der Waals surface area (Å²) in [5.74, 6) is -0.138. The van der Waals surface area contributed by atoms with Gasteiger partial charge in [0.25, 0.3) is 0 Å². The molecule has 2 N–H and O–H groups in total. The van der Waals surface area contributed by atoms with Crippen molar-refractivity contribution in [3.05, 3.63) is 12.2 Å². The van der Waals surface area contributed by atoms with Crippen LogP contribution in [0.1, 0.15) is 31.6 Å². The molecular weight excluding hydrogens is 208 g/mol. The maximum absolute atomic E-state index is 10.9. The van der Waals surface area contributed by atoms with Crippen molar-refractivity contribution in [2.75, 3.05) is 0 Å². The molecule has 1 saturated carbocycles. The van der Waals surface area contributed by atoms with Crippen molar-refractivity contribution < 1.29 is 9.90 Å². The molecule has 3 atom stereocenters. The summed E-state index contributed by atoms with van der Waals surface area (Å²) in [5.41, 5.74) is 0. The van der Waals surface area contributed by atoms with E-state index in [1.807, 2.05) is 18.5 Å². The molecular formula is C10H16N4O2. The Morgan fingerprint density at radius 1 is 1.69 bits per heavy atom. The van der Waals surface area contributed by atoms with E-state index in [1.165, 1.54) is 0 Å². The largest absolute Gasteiger partial charge is 0.481 e. The Labute approximate surface area is 93.7 Å². The second-order valence-corrected chi connectivity index (χ2v) is 4.32. The topological polar surface area (TPSA) is 80.0 Å². The molecule has 0 saturated heterocycles. The summed E-state index contributed by atoms with van der Waals surface area (Å²) < 4.78 is 1.84. The van der Waals surface area contributed by atoms with Gasteiger partial charge in [0.2, 0.25) is 0 Å². The molecule has 1 fully saturated rings. The maximum Gasteiger partial charge on any atom is 0.308 e. The smallest absolute Gasteiger partial charge is 0.308 e. The van der Waals surface area contributed by atoms with E-state index in [0.29, 0.717) is 0 Å². The lowest BCUT2D eigenvalue weighted by atomic mass is 9.79. The fraction of sp³-hybridized carbons (Fsp3) is 0.700. The molecule has 1 aliphatic rings. The van der Waals surface area contributed by atoms with Crippen molar-refractivity contribution in [2.24, 2.45) is 13.0 Å². The number of carboxylic acid groups (broad SMARTS) is 1. The first-order valence-electron chi connectivity index (χ1n) is 5.42. The Kier molecular flexibility index (Phi) is 2.91. The summed E-state index contributed by atoms with van der Waals surface area (Å²) in [6.07, 6.45) is 3.32. The Bertz CT molecular complexity index is 390. The van der Waals surface area contributed by atoms with Crippen LogP contribution in [0.4, 0.5) is 0 Å². The van der Waals surface area contributed by atoms with E-state index in [2.05, 4.69) is 15.5 Å². The van der Waals surface area contributed by atoms with Gasteiger partial charge >= 0.3 is 5.97 Å². The maximum atomic E-state index is 10.9. The van der Waals surface area contributed by atoms with Crippen LogP contribution in [-0.2, 0) is 11.8 Å². The summed E-state index contributed by atoms with van der Waals surface area (Å²) in [4.78, 5) is 10.9. The molecule has 0 radical (unpaired) electrons. The molecule has 0 spiro atoms. The highest BCUT2D eigenvalue weighted by Crippen LogP contribution is 2.29. The summed E-state index contributed by atoms with van der Waals surface area (Å²) >= 11 is 0. The summed E-state index contributed by atoms with van der Waals surface area (Å²) in [6.45, 7) is 1.97. The predicted octanol–water partition coefficient (Wildman–Crippen LogP) is 0.329.